The van der Waals surface area contributed by atoms with Crippen LogP contribution in [0.3, 0.4) is 0 Å². The first-order valence-corrected chi connectivity index (χ1v) is 7.26. The molecule has 1 aromatic heterocycles. The van der Waals surface area contributed by atoms with Gasteiger partial charge >= 0.3 is 0 Å². The van der Waals surface area contributed by atoms with Gasteiger partial charge in [-0.05, 0) is 32.4 Å². The van der Waals surface area contributed by atoms with Gasteiger partial charge in [-0.15, -0.1) is 0 Å². The molecule has 1 aromatic rings. The summed E-state index contributed by atoms with van der Waals surface area (Å²) in [5.74, 6) is 0.109. The predicted octanol–water partition coefficient (Wildman–Crippen LogP) is 1.58. The van der Waals surface area contributed by atoms with Crippen molar-refractivity contribution in [1.29, 1.82) is 0 Å². The van der Waals surface area contributed by atoms with Crippen LogP contribution in [0, 0.1) is 6.92 Å². The van der Waals surface area contributed by atoms with Crippen molar-refractivity contribution in [2.45, 2.75) is 38.9 Å². The van der Waals surface area contributed by atoms with Crippen LogP contribution in [-0.2, 0) is 20.7 Å². The first-order chi connectivity index (χ1) is 9.89. The van der Waals surface area contributed by atoms with E-state index in [4.69, 9.17) is 9.47 Å². The zero-order chi connectivity index (χ0) is 15.5. The fraction of sp³-hybridized carbons (Fsp3) is 0.625. The summed E-state index contributed by atoms with van der Waals surface area (Å²) in [7, 11) is 1.65. The Hall–Kier alpha value is -1.46. The second-order valence-electron chi connectivity index (χ2n) is 6.21. The van der Waals surface area contributed by atoms with Crippen molar-refractivity contribution in [2.75, 3.05) is 26.8 Å². The molecule has 0 aliphatic carbocycles. The fourth-order valence-electron chi connectivity index (χ4n) is 2.65. The van der Waals surface area contributed by atoms with E-state index in [-0.39, 0.29) is 17.6 Å². The Morgan fingerprint density at radius 3 is 2.90 bits per heavy atom. The van der Waals surface area contributed by atoms with E-state index in [2.05, 4.69) is 4.98 Å². The largest absolute Gasteiger partial charge is 0.382 e. The minimum atomic E-state index is -0.345. The summed E-state index contributed by atoms with van der Waals surface area (Å²) < 4.78 is 11.1. The Bertz CT molecular complexity index is 485. The Balaban J connectivity index is 2.01. The zero-order valence-electron chi connectivity index (χ0n) is 13.3. The standard InChI is InChI=1S/C16H24N2O3/c1-12-5-6-13(8-17-12)7-15(19)18-9-14(10-20-4)21-16(2,3)11-18/h5-6,8,14H,7,9-11H2,1-4H3/t14-/m0/s1. The van der Waals surface area contributed by atoms with E-state index < -0.39 is 0 Å². The Kier molecular flexibility index (Phi) is 4.96. The molecule has 0 N–H and O–H groups in total. The summed E-state index contributed by atoms with van der Waals surface area (Å²) >= 11 is 0. The van der Waals surface area contributed by atoms with E-state index in [0.717, 1.165) is 11.3 Å². The quantitative estimate of drug-likeness (QED) is 0.845. The van der Waals surface area contributed by atoms with Gasteiger partial charge in [0.25, 0.3) is 0 Å². The van der Waals surface area contributed by atoms with Crippen molar-refractivity contribution in [3.05, 3.63) is 29.6 Å². The van der Waals surface area contributed by atoms with Gasteiger partial charge in [0.2, 0.25) is 5.91 Å². The molecule has 0 radical (unpaired) electrons. The topological polar surface area (TPSA) is 51.7 Å². The van der Waals surface area contributed by atoms with Crippen molar-refractivity contribution in [1.82, 2.24) is 9.88 Å². The summed E-state index contributed by atoms with van der Waals surface area (Å²) in [4.78, 5) is 18.6. The molecular formula is C16H24N2O3. The zero-order valence-corrected chi connectivity index (χ0v) is 13.3. The maximum Gasteiger partial charge on any atom is 0.227 e. The highest BCUT2D eigenvalue weighted by molar-refractivity contribution is 5.79. The molecule has 0 bridgehead atoms. The number of aryl methyl sites for hydroxylation is 1. The van der Waals surface area contributed by atoms with Crippen molar-refractivity contribution in [3.8, 4) is 0 Å². The summed E-state index contributed by atoms with van der Waals surface area (Å²) in [6, 6.07) is 3.89. The number of aromatic nitrogens is 1. The van der Waals surface area contributed by atoms with Crippen LogP contribution in [0.4, 0.5) is 0 Å². The average molecular weight is 292 g/mol. The average Bonchev–Trinajstić information content (AvgIpc) is 2.40. The first kappa shape index (κ1) is 15.9. The van der Waals surface area contributed by atoms with E-state index in [1.165, 1.54) is 0 Å². The molecular weight excluding hydrogens is 268 g/mol. The lowest BCUT2D eigenvalue weighted by atomic mass is 10.0. The molecule has 1 atom stereocenters. The van der Waals surface area contributed by atoms with Gasteiger partial charge in [0.15, 0.2) is 0 Å². The highest BCUT2D eigenvalue weighted by Gasteiger charge is 2.35. The number of methoxy groups -OCH3 is 1. The van der Waals surface area contributed by atoms with Crippen molar-refractivity contribution in [2.24, 2.45) is 0 Å². The highest BCUT2D eigenvalue weighted by Crippen LogP contribution is 2.22. The number of hydrogen-bond acceptors (Lipinski definition) is 4. The number of carbonyl (C=O) groups excluding carboxylic acids is 1. The molecule has 2 rings (SSSR count). The Morgan fingerprint density at radius 2 is 2.29 bits per heavy atom. The third-order valence-electron chi connectivity index (χ3n) is 3.51. The van der Waals surface area contributed by atoms with Crippen molar-refractivity contribution < 1.29 is 14.3 Å². The van der Waals surface area contributed by atoms with Gasteiger partial charge in [-0.25, -0.2) is 0 Å². The van der Waals surface area contributed by atoms with Crippen LogP contribution in [0.5, 0.6) is 0 Å². The lowest BCUT2D eigenvalue weighted by Gasteiger charge is -2.42. The van der Waals surface area contributed by atoms with E-state index in [9.17, 15) is 4.79 Å². The van der Waals surface area contributed by atoms with Gasteiger partial charge < -0.3 is 14.4 Å². The summed E-state index contributed by atoms with van der Waals surface area (Å²) in [6.07, 6.45) is 2.08. The molecule has 5 nitrogen and oxygen atoms in total. The molecule has 0 unspecified atom stereocenters. The highest BCUT2D eigenvalue weighted by atomic mass is 16.5. The van der Waals surface area contributed by atoms with Gasteiger partial charge in [0, 0.05) is 32.1 Å². The lowest BCUT2D eigenvalue weighted by Crippen LogP contribution is -2.56. The second-order valence-corrected chi connectivity index (χ2v) is 6.21. The van der Waals surface area contributed by atoms with E-state index >= 15 is 0 Å². The molecule has 1 saturated heterocycles. The summed E-state index contributed by atoms with van der Waals surface area (Å²) in [5.41, 5.74) is 1.56. The molecule has 116 valence electrons. The third-order valence-corrected chi connectivity index (χ3v) is 3.51. The number of nitrogens with zero attached hydrogens (tertiary/aromatic N) is 2. The normalized spacial score (nSPS) is 21.3. The van der Waals surface area contributed by atoms with Crippen LogP contribution < -0.4 is 0 Å². The number of carbonyl (C=O) groups is 1. The number of pyridine rings is 1. The number of rotatable bonds is 4. The summed E-state index contributed by atoms with van der Waals surface area (Å²) in [5, 5.41) is 0. The minimum Gasteiger partial charge on any atom is -0.382 e. The van der Waals surface area contributed by atoms with Crippen LogP contribution in [0.25, 0.3) is 0 Å². The number of amides is 1. The lowest BCUT2D eigenvalue weighted by molar-refractivity contribution is -0.168. The van der Waals surface area contributed by atoms with Crippen LogP contribution in [-0.4, -0.2) is 54.3 Å². The monoisotopic (exact) mass is 292 g/mol. The van der Waals surface area contributed by atoms with Gasteiger partial charge in [0.05, 0.1) is 24.7 Å². The smallest absolute Gasteiger partial charge is 0.227 e. The third kappa shape index (κ3) is 4.51. The molecule has 2 heterocycles. The summed E-state index contributed by atoms with van der Waals surface area (Å²) in [6.45, 7) is 7.62. The second kappa shape index (κ2) is 6.54. The van der Waals surface area contributed by atoms with E-state index in [1.807, 2.05) is 37.8 Å². The Morgan fingerprint density at radius 1 is 1.52 bits per heavy atom. The van der Waals surface area contributed by atoms with E-state index in [1.54, 1.807) is 13.3 Å². The van der Waals surface area contributed by atoms with Crippen molar-refractivity contribution >= 4 is 5.91 Å². The Labute approximate surface area is 126 Å². The molecule has 1 amide bonds. The fourth-order valence-corrected chi connectivity index (χ4v) is 2.65. The molecule has 0 aromatic carbocycles. The molecule has 1 aliphatic rings. The van der Waals surface area contributed by atoms with Crippen LogP contribution in [0.1, 0.15) is 25.1 Å². The maximum atomic E-state index is 12.5. The molecule has 0 spiro atoms. The number of ether oxygens (including phenoxy) is 2. The predicted molar refractivity (Wildman–Crippen MR) is 80.1 cm³/mol. The molecule has 1 fully saturated rings. The SMILES string of the molecule is COC[C@@H]1CN(C(=O)Cc2ccc(C)nc2)CC(C)(C)O1. The van der Waals surface area contributed by atoms with Gasteiger partial charge in [0.1, 0.15) is 0 Å². The van der Waals surface area contributed by atoms with Crippen LogP contribution in [0.15, 0.2) is 18.3 Å². The molecule has 0 saturated carbocycles. The maximum absolute atomic E-state index is 12.5. The molecule has 21 heavy (non-hydrogen) atoms. The van der Waals surface area contributed by atoms with Crippen molar-refractivity contribution in [3.63, 3.8) is 0 Å². The van der Waals surface area contributed by atoms with Gasteiger partial charge in [-0.1, -0.05) is 6.07 Å². The first-order valence-electron chi connectivity index (χ1n) is 7.26. The molecule has 1 aliphatic heterocycles. The number of hydrogen-bond donors (Lipinski definition) is 0. The van der Waals surface area contributed by atoms with Crippen LogP contribution >= 0.6 is 0 Å². The van der Waals surface area contributed by atoms with E-state index in [0.29, 0.717) is 26.1 Å². The van der Waals surface area contributed by atoms with Gasteiger partial charge in [-0.3, -0.25) is 9.78 Å². The van der Waals surface area contributed by atoms with Crippen LogP contribution in [0.2, 0.25) is 0 Å². The number of morpholine rings is 1. The van der Waals surface area contributed by atoms with Gasteiger partial charge in [-0.2, -0.15) is 0 Å². The molecule has 5 heteroatoms. The minimum absolute atomic E-state index is 0.0705.